The summed E-state index contributed by atoms with van der Waals surface area (Å²) in [7, 11) is -4.01. The Labute approximate surface area is 198 Å². The summed E-state index contributed by atoms with van der Waals surface area (Å²) in [5, 5.41) is 2.39. The van der Waals surface area contributed by atoms with Crippen molar-refractivity contribution >= 4 is 49.1 Å². The number of sulfonamides is 1. The van der Waals surface area contributed by atoms with Crippen molar-refractivity contribution in [2.75, 3.05) is 4.72 Å². The highest BCUT2D eigenvalue weighted by Gasteiger charge is 2.19. The van der Waals surface area contributed by atoms with Crippen LogP contribution in [0.3, 0.4) is 0 Å². The highest BCUT2D eigenvalue weighted by atomic mass is 35.5. The number of fused-ring (bicyclic) bond motifs is 2. The minimum atomic E-state index is -4.01. The summed E-state index contributed by atoms with van der Waals surface area (Å²) < 4.78 is 28.7. The maximum absolute atomic E-state index is 13.1. The average Bonchev–Trinajstić information content (AvgIpc) is 2.79. The van der Waals surface area contributed by atoms with Crippen molar-refractivity contribution in [3.63, 3.8) is 0 Å². The number of anilines is 1. The van der Waals surface area contributed by atoms with E-state index < -0.39 is 21.1 Å². The summed E-state index contributed by atoms with van der Waals surface area (Å²) in [6.07, 6.45) is 3.49. The first kappa shape index (κ1) is 21.9. The van der Waals surface area contributed by atoms with Gasteiger partial charge in [-0.3, -0.25) is 19.3 Å². The van der Waals surface area contributed by atoms with Crippen molar-refractivity contribution in [2.45, 2.75) is 11.8 Å². The standard InChI is InChI=1S/C24H17ClN4O4S/c1-13-8-20-21(28-24(31)23(30)27-20)11-22(13)34(32,33)29-17-4-5-18(19(25)10-17)15-3-2-14-6-7-26-12-16(14)9-15/h2-12,29H,1H3,(H,27,30)(H,28,31). The van der Waals surface area contributed by atoms with Gasteiger partial charge < -0.3 is 9.97 Å². The van der Waals surface area contributed by atoms with Crippen molar-refractivity contribution in [1.29, 1.82) is 0 Å². The molecule has 5 rings (SSSR count). The van der Waals surface area contributed by atoms with E-state index in [-0.39, 0.29) is 16.1 Å². The first-order valence-corrected chi connectivity index (χ1v) is 12.0. The van der Waals surface area contributed by atoms with E-state index in [9.17, 15) is 18.0 Å². The summed E-state index contributed by atoms with van der Waals surface area (Å²) in [5.74, 6) is 0. The summed E-state index contributed by atoms with van der Waals surface area (Å²) in [4.78, 5) is 32.1. The van der Waals surface area contributed by atoms with Gasteiger partial charge in [0.05, 0.1) is 26.6 Å². The molecule has 0 saturated heterocycles. The van der Waals surface area contributed by atoms with Gasteiger partial charge in [-0.25, -0.2) is 8.42 Å². The van der Waals surface area contributed by atoms with E-state index in [1.807, 2.05) is 24.3 Å². The number of pyridine rings is 1. The number of aryl methyl sites for hydroxylation is 1. The molecule has 0 amide bonds. The molecular weight excluding hydrogens is 476 g/mol. The van der Waals surface area contributed by atoms with E-state index in [1.165, 1.54) is 18.2 Å². The number of nitrogens with zero attached hydrogens (tertiary/aromatic N) is 1. The zero-order valence-electron chi connectivity index (χ0n) is 17.7. The van der Waals surface area contributed by atoms with Crippen molar-refractivity contribution in [3.05, 3.63) is 98.3 Å². The van der Waals surface area contributed by atoms with Gasteiger partial charge in [-0.1, -0.05) is 29.8 Å². The maximum atomic E-state index is 13.1. The van der Waals surface area contributed by atoms with Gasteiger partial charge in [0.15, 0.2) is 0 Å². The summed E-state index contributed by atoms with van der Waals surface area (Å²) in [6, 6.07) is 15.5. The molecule has 0 aliphatic heterocycles. The molecule has 0 atom stereocenters. The first-order valence-electron chi connectivity index (χ1n) is 10.1. The molecule has 2 heterocycles. The SMILES string of the molecule is Cc1cc2[nH]c(=O)c(=O)[nH]c2cc1S(=O)(=O)Nc1ccc(-c2ccc3ccncc3c2)c(Cl)c1. The summed E-state index contributed by atoms with van der Waals surface area (Å²) in [6.45, 7) is 1.60. The summed E-state index contributed by atoms with van der Waals surface area (Å²) in [5.41, 5.74) is 1.18. The van der Waals surface area contributed by atoms with Crippen molar-refractivity contribution in [3.8, 4) is 11.1 Å². The molecule has 0 unspecified atom stereocenters. The molecule has 0 radical (unpaired) electrons. The Kier molecular flexibility index (Phi) is 5.22. The summed E-state index contributed by atoms with van der Waals surface area (Å²) >= 11 is 6.51. The number of aromatic amines is 2. The highest BCUT2D eigenvalue weighted by Crippen LogP contribution is 2.33. The predicted octanol–water partition coefficient (Wildman–Crippen LogP) is 4.19. The molecule has 0 spiro atoms. The van der Waals surface area contributed by atoms with Crippen molar-refractivity contribution in [1.82, 2.24) is 15.0 Å². The van der Waals surface area contributed by atoms with Crippen LogP contribution in [0.4, 0.5) is 5.69 Å². The number of benzene rings is 3. The van der Waals surface area contributed by atoms with Crippen molar-refractivity contribution < 1.29 is 8.42 Å². The van der Waals surface area contributed by atoms with Gasteiger partial charge in [-0.05, 0) is 59.8 Å². The Morgan fingerprint density at radius 2 is 1.62 bits per heavy atom. The lowest BCUT2D eigenvalue weighted by atomic mass is 10.0. The average molecular weight is 493 g/mol. The lowest BCUT2D eigenvalue weighted by Crippen LogP contribution is -2.29. The van der Waals surface area contributed by atoms with Crippen LogP contribution >= 0.6 is 11.6 Å². The smallest absolute Gasteiger partial charge is 0.314 e. The number of rotatable bonds is 4. The fourth-order valence-electron chi connectivity index (χ4n) is 3.82. The van der Waals surface area contributed by atoms with E-state index >= 15 is 0 Å². The zero-order valence-corrected chi connectivity index (χ0v) is 19.3. The van der Waals surface area contributed by atoms with E-state index in [0.717, 1.165) is 21.9 Å². The number of aromatic nitrogens is 3. The van der Waals surface area contributed by atoms with E-state index in [0.29, 0.717) is 16.1 Å². The van der Waals surface area contributed by atoms with Gasteiger partial charge in [0.25, 0.3) is 10.0 Å². The predicted molar refractivity (Wildman–Crippen MR) is 133 cm³/mol. The molecule has 0 saturated carbocycles. The second-order valence-electron chi connectivity index (χ2n) is 7.81. The fraction of sp³-hybridized carbons (Fsp3) is 0.0417. The number of nitrogens with one attached hydrogen (secondary N) is 3. The Hall–Kier alpha value is -3.95. The quantitative estimate of drug-likeness (QED) is 0.324. The molecule has 3 N–H and O–H groups in total. The monoisotopic (exact) mass is 492 g/mol. The van der Waals surface area contributed by atoms with Crippen LogP contribution in [0.25, 0.3) is 32.9 Å². The second-order valence-corrected chi connectivity index (χ2v) is 9.87. The molecule has 170 valence electrons. The number of hydrogen-bond donors (Lipinski definition) is 3. The fourth-order valence-corrected chi connectivity index (χ4v) is 5.41. The van der Waals surface area contributed by atoms with Gasteiger partial charge in [-0.15, -0.1) is 0 Å². The Morgan fingerprint density at radius 1 is 0.882 bits per heavy atom. The van der Waals surface area contributed by atoms with Crippen molar-refractivity contribution in [2.24, 2.45) is 0 Å². The van der Waals surface area contributed by atoms with Crippen LogP contribution in [0.2, 0.25) is 5.02 Å². The molecule has 0 aliphatic carbocycles. The second kappa shape index (κ2) is 8.12. The zero-order chi connectivity index (χ0) is 24.0. The van der Waals surface area contributed by atoms with E-state index in [2.05, 4.69) is 19.7 Å². The molecule has 2 aromatic heterocycles. The minimum absolute atomic E-state index is 0.0371. The van der Waals surface area contributed by atoms with Gasteiger partial charge in [0.1, 0.15) is 0 Å². The van der Waals surface area contributed by atoms with Gasteiger partial charge in [-0.2, -0.15) is 0 Å². The molecule has 8 nitrogen and oxygen atoms in total. The number of H-pyrrole nitrogens is 2. The molecule has 5 aromatic rings. The third-order valence-electron chi connectivity index (χ3n) is 5.48. The number of halogens is 1. The molecule has 34 heavy (non-hydrogen) atoms. The molecule has 0 fully saturated rings. The Balaban J connectivity index is 1.49. The van der Waals surface area contributed by atoms with Crippen LogP contribution in [-0.2, 0) is 10.0 Å². The molecule has 10 heteroatoms. The van der Waals surface area contributed by atoms with E-state index in [4.69, 9.17) is 11.6 Å². The van der Waals surface area contributed by atoms with Crippen LogP contribution in [0.15, 0.2) is 81.5 Å². The molecular formula is C24H17ClN4O4S. The maximum Gasteiger partial charge on any atom is 0.314 e. The van der Waals surface area contributed by atoms with Gasteiger partial charge in [0.2, 0.25) is 0 Å². The van der Waals surface area contributed by atoms with Gasteiger partial charge >= 0.3 is 11.1 Å². The normalized spacial score (nSPS) is 11.7. The largest absolute Gasteiger partial charge is 0.316 e. The number of hydrogen-bond acceptors (Lipinski definition) is 5. The minimum Gasteiger partial charge on any atom is -0.316 e. The lowest BCUT2D eigenvalue weighted by Gasteiger charge is -2.13. The third-order valence-corrected chi connectivity index (χ3v) is 7.32. The molecule has 0 aliphatic rings. The lowest BCUT2D eigenvalue weighted by molar-refractivity contribution is 0.600. The first-order chi connectivity index (χ1) is 16.2. The van der Waals surface area contributed by atoms with E-state index in [1.54, 1.807) is 31.5 Å². The molecule has 3 aromatic carbocycles. The van der Waals surface area contributed by atoms with Crippen LogP contribution < -0.4 is 15.8 Å². The van der Waals surface area contributed by atoms with Crippen LogP contribution in [-0.4, -0.2) is 23.4 Å². The van der Waals surface area contributed by atoms with Crippen LogP contribution in [0, 0.1) is 6.92 Å². The molecule has 0 bridgehead atoms. The van der Waals surface area contributed by atoms with Crippen LogP contribution in [0.1, 0.15) is 5.56 Å². The highest BCUT2D eigenvalue weighted by molar-refractivity contribution is 7.92. The van der Waals surface area contributed by atoms with Gasteiger partial charge in [0, 0.05) is 23.3 Å². The Bertz CT molecular complexity index is 1830. The topological polar surface area (TPSA) is 125 Å². The third kappa shape index (κ3) is 3.95. The Morgan fingerprint density at radius 3 is 2.35 bits per heavy atom. The van der Waals surface area contributed by atoms with Crippen LogP contribution in [0.5, 0.6) is 0 Å².